The maximum atomic E-state index is 13.3. The van der Waals surface area contributed by atoms with Crippen LogP contribution in [0.15, 0.2) is 18.2 Å². The topological polar surface area (TPSA) is 87.7 Å². The normalized spacial score (nSPS) is 21.0. The first-order valence-electron chi connectivity index (χ1n) is 6.34. The highest BCUT2D eigenvalue weighted by Crippen LogP contribution is 2.19. The summed E-state index contributed by atoms with van der Waals surface area (Å²) in [5.74, 6) is -3.24. The number of nitrogens with one attached hydrogen (secondary N) is 2. The Labute approximate surface area is 119 Å². The van der Waals surface area contributed by atoms with Gasteiger partial charge < -0.3 is 20.5 Å². The number of ether oxygens (including phenoxy) is 1. The van der Waals surface area contributed by atoms with Gasteiger partial charge in [-0.15, -0.1) is 0 Å². The molecular weight excluding hydrogens is 286 g/mol. The third kappa shape index (κ3) is 3.88. The first-order chi connectivity index (χ1) is 9.97. The lowest BCUT2D eigenvalue weighted by molar-refractivity contribution is -0.149. The molecule has 2 unspecified atom stereocenters. The van der Waals surface area contributed by atoms with E-state index in [1.54, 1.807) is 0 Å². The van der Waals surface area contributed by atoms with Crippen LogP contribution in [0.4, 0.5) is 19.3 Å². The van der Waals surface area contributed by atoms with Crippen LogP contribution in [0.5, 0.6) is 0 Å². The molecule has 2 amide bonds. The minimum atomic E-state index is -1.14. The molecule has 0 saturated carbocycles. The highest BCUT2D eigenvalue weighted by molar-refractivity contribution is 5.89. The molecule has 114 valence electrons. The van der Waals surface area contributed by atoms with Gasteiger partial charge in [0, 0.05) is 6.54 Å². The van der Waals surface area contributed by atoms with E-state index in [2.05, 4.69) is 10.6 Å². The van der Waals surface area contributed by atoms with E-state index in [4.69, 9.17) is 9.84 Å². The number of benzene rings is 1. The maximum absolute atomic E-state index is 13.3. The quantitative estimate of drug-likeness (QED) is 0.790. The predicted octanol–water partition coefficient (Wildman–Crippen LogP) is 1.72. The van der Waals surface area contributed by atoms with Gasteiger partial charge in [0.05, 0.1) is 11.8 Å². The van der Waals surface area contributed by atoms with E-state index >= 15 is 0 Å². The summed E-state index contributed by atoms with van der Waals surface area (Å²) >= 11 is 0. The van der Waals surface area contributed by atoms with E-state index in [9.17, 15) is 18.4 Å². The SMILES string of the molecule is O=C(NCC1CCC(C(=O)O)O1)Nc1cccc(F)c1F. The number of urea groups is 1. The molecule has 0 aliphatic carbocycles. The van der Waals surface area contributed by atoms with Crippen LogP contribution in [0.1, 0.15) is 12.8 Å². The highest BCUT2D eigenvalue weighted by atomic mass is 19.2. The minimum absolute atomic E-state index is 0.0898. The van der Waals surface area contributed by atoms with Crippen molar-refractivity contribution in [2.75, 3.05) is 11.9 Å². The second-order valence-electron chi connectivity index (χ2n) is 4.60. The van der Waals surface area contributed by atoms with Crippen molar-refractivity contribution in [2.24, 2.45) is 0 Å². The van der Waals surface area contributed by atoms with Crippen molar-refractivity contribution in [3.05, 3.63) is 29.8 Å². The molecule has 1 aliphatic rings. The summed E-state index contributed by atoms with van der Waals surface area (Å²) in [5.41, 5.74) is -0.275. The van der Waals surface area contributed by atoms with E-state index in [-0.39, 0.29) is 12.2 Å². The largest absolute Gasteiger partial charge is 0.479 e. The molecule has 0 radical (unpaired) electrons. The van der Waals surface area contributed by atoms with Crippen LogP contribution in [0.25, 0.3) is 0 Å². The van der Waals surface area contributed by atoms with E-state index in [0.29, 0.717) is 12.8 Å². The number of hydrogen-bond donors (Lipinski definition) is 3. The van der Waals surface area contributed by atoms with Gasteiger partial charge in [-0.2, -0.15) is 0 Å². The van der Waals surface area contributed by atoms with E-state index in [1.165, 1.54) is 12.1 Å². The third-order valence-corrected chi connectivity index (χ3v) is 3.07. The fraction of sp³-hybridized carbons (Fsp3) is 0.385. The molecule has 1 aromatic carbocycles. The highest BCUT2D eigenvalue weighted by Gasteiger charge is 2.30. The summed E-state index contributed by atoms with van der Waals surface area (Å²) in [6.45, 7) is 0.0898. The molecular formula is C13H14F2N2O4. The third-order valence-electron chi connectivity index (χ3n) is 3.07. The lowest BCUT2D eigenvalue weighted by Gasteiger charge is -2.13. The second kappa shape index (κ2) is 6.49. The van der Waals surface area contributed by atoms with Gasteiger partial charge in [0.2, 0.25) is 0 Å². The van der Waals surface area contributed by atoms with Crippen molar-refractivity contribution < 1.29 is 28.2 Å². The van der Waals surface area contributed by atoms with Gasteiger partial charge in [-0.05, 0) is 25.0 Å². The Bertz CT molecular complexity index is 553. The average Bonchev–Trinajstić information content (AvgIpc) is 2.91. The van der Waals surface area contributed by atoms with Crippen molar-refractivity contribution in [1.82, 2.24) is 5.32 Å². The van der Waals surface area contributed by atoms with Crippen LogP contribution in [0, 0.1) is 11.6 Å². The molecule has 3 N–H and O–H groups in total. The summed E-state index contributed by atoms with van der Waals surface area (Å²) < 4.78 is 31.5. The number of amides is 2. The number of anilines is 1. The van der Waals surface area contributed by atoms with Gasteiger partial charge in [0.15, 0.2) is 17.7 Å². The average molecular weight is 300 g/mol. The number of aliphatic carboxylic acids is 1. The van der Waals surface area contributed by atoms with Crippen molar-refractivity contribution >= 4 is 17.7 Å². The maximum Gasteiger partial charge on any atom is 0.332 e. The fourth-order valence-electron chi connectivity index (χ4n) is 2.01. The molecule has 21 heavy (non-hydrogen) atoms. The number of carbonyl (C=O) groups is 2. The predicted molar refractivity (Wildman–Crippen MR) is 68.9 cm³/mol. The zero-order valence-corrected chi connectivity index (χ0v) is 10.9. The van der Waals surface area contributed by atoms with Crippen molar-refractivity contribution in [1.29, 1.82) is 0 Å². The molecule has 0 bridgehead atoms. The molecule has 1 heterocycles. The van der Waals surface area contributed by atoms with Crippen LogP contribution in [-0.4, -0.2) is 35.9 Å². The second-order valence-corrected chi connectivity index (χ2v) is 4.60. The van der Waals surface area contributed by atoms with Crippen molar-refractivity contribution in [3.8, 4) is 0 Å². The molecule has 1 aliphatic heterocycles. The molecule has 6 nitrogen and oxygen atoms in total. The van der Waals surface area contributed by atoms with Gasteiger partial charge in [-0.3, -0.25) is 0 Å². The Balaban J connectivity index is 1.80. The summed E-state index contributed by atoms with van der Waals surface area (Å²) in [6, 6.07) is 2.72. The lowest BCUT2D eigenvalue weighted by atomic mass is 10.2. The molecule has 0 spiro atoms. The zero-order chi connectivity index (χ0) is 15.4. The lowest BCUT2D eigenvalue weighted by Crippen LogP contribution is -2.36. The van der Waals surface area contributed by atoms with E-state index in [1.807, 2.05) is 0 Å². The molecule has 2 atom stereocenters. The summed E-state index contributed by atoms with van der Waals surface area (Å²) in [5, 5.41) is 13.4. The Morgan fingerprint density at radius 3 is 2.76 bits per heavy atom. The van der Waals surface area contributed by atoms with Crippen molar-refractivity contribution in [3.63, 3.8) is 0 Å². The molecule has 1 saturated heterocycles. The zero-order valence-electron chi connectivity index (χ0n) is 10.9. The molecule has 0 aromatic heterocycles. The van der Waals surface area contributed by atoms with Crippen LogP contribution < -0.4 is 10.6 Å². The number of halogens is 2. The van der Waals surface area contributed by atoms with Crippen LogP contribution >= 0.6 is 0 Å². The van der Waals surface area contributed by atoms with Crippen LogP contribution in [-0.2, 0) is 9.53 Å². The Morgan fingerprint density at radius 1 is 1.33 bits per heavy atom. The minimum Gasteiger partial charge on any atom is -0.479 e. The number of rotatable bonds is 4. The molecule has 1 fully saturated rings. The van der Waals surface area contributed by atoms with E-state index < -0.39 is 35.8 Å². The first-order valence-corrected chi connectivity index (χ1v) is 6.34. The van der Waals surface area contributed by atoms with E-state index in [0.717, 1.165) is 6.07 Å². The molecule has 8 heteroatoms. The smallest absolute Gasteiger partial charge is 0.332 e. The monoisotopic (exact) mass is 300 g/mol. The standard InChI is InChI=1S/C13H14F2N2O4/c14-8-2-1-3-9(11(8)15)17-13(20)16-6-7-4-5-10(21-7)12(18)19/h1-3,7,10H,4-6H2,(H,18,19)(H2,16,17,20). The molecule has 1 aromatic rings. The summed E-state index contributed by atoms with van der Waals surface area (Å²) in [4.78, 5) is 22.3. The summed E-state index contributed by atoms with van der Waals surface area (Å²) in [6.07, 6.45) is -0.386. The fourth-order valence-corrected chi connectivity index (χ4v) is 2.01. The van der Waals surface area contributed by atoms with Crippen molar-refractivity contribution in [2.45, 2.75) is 25.0 Å². The number of hydrogen-bond acceptors (Lipinski definition) is 3. The van der Waals surface area contributed by atoms with Gasteiger partial charge >= 0.3 is 12.0 Å². The van der Waals surface area contributed by atoms with Gasteiger partial charge in [-0.25, -0.2) is 18.4 Å². The van der Waals surface area contributed by atoms with Gasteiger partial charge in [-0.1, -0.05) is 6.07 Å². The number of carboxylic acid groups (broad SMARTS) is 1. The van der Waals surface area contributed by atoms with Crippen LogP contribution in [0.3, 0.4) is 0 Å². The Morgan fingerprint density at radius 2 is 2.10 bits per heavy atom. The Kier molecular flexibility index (Phi) is 4.69. The Hall–Kier alpha value is -2.22. The van der Waals surface area contributed by atoms with Gasteiger partial charge in [0.1, 0.15) is 0 Å². The molecule has 2 rings (SSSR count). The first kappa shape index (κ1) is 15.2. The summed E-state index contributed by atoms with van der Waals surface area (Å²) in [7, 11) is 0. The van der Waals surface area contributed by atoms with Crippen LogP contribution in [0.2, 0.25) is 0 Å². The number of carbonyl (C=O) groups excluding carboxylic acids is 1. The number of carboxylic acids is 1. The van der Waals surface area contributed by atoms with Gasteiger partial charge in [0.25, 0.3) is 0 Å².